The highest BCUT2D eigenvalue weighted by Crippen LogP contribution is 2.44. The molecule has 0 saturated heterocycles. The second-order valence-electron chi connectivity index (χ2n) is 17.5. The van der Waals surface area contributed by atoms with Crippen LogP contribution < -0.4 is 30.2 Å². The van der Waals surface area contributed by atoms with E-state index < -0.39 is 42.1 Å². The topological polar surface area (TPSA) is 151 Å². The standard InChI is InChI=1S/C55H57N3O9/c1-34-16-20-36(21-17-34)51(37-22-18-35(2)19-23-37)57-49(59)33-65-39-26-24-38(25-27-39)52(45-29-28-40(63-6)30-48(45)64-7)58-53(61)47(31-50(60)67-55(3,4)5)56-54(62)66-32-46-43-14-10-8-12-41(43)42-13-9-11-15-44(42)46/h8-30,46-47,51-52H,31-33H2,1-7H3,(H,56,62)(H,57,59)(H,58,61)/t47-,52?/m0/s1. The molecular weight excluding hydrogens is 847 g/mol. The van der Waals surface area contributed by atoms with Crippen LogP contribution in [0.25, 0.3) is 11.1 Å². The number of carbonyl (C=O) groups excluding carboxylic acids is 4. The zero-order valence-electron chi connectivity index (χ0n) is 38.9. The summed E-state index contributed by atoms with van der Waals surface area (Å²) in [6.45, 7) is 8.94. The van der Waals surface area contributed by atoms with Gasteiger partial charge >= 0.3 is 12.1 Å². The van der Waals surface area contributed by atoms with Gasteiger partial charge in [-0.05, 0) is 97.8 Å². The summed E-state index contributed by atoms with van der Waals surface area (Å²) in [7, 11) is 3.04. The van der Waals surface area contributed by atoms with Gasteiger partial charge in [-0.2, -0.15) is 0 Å². The van der Waals surface area contributed by atoms with Gasteiger partial charge in [-0.1, -0.05) is 120 Å². The first-order valence-electron chi connectivity index (χ1n) is 22.2. The van der Waals surface area contributed by atoms with Crippen molar-refractivity contribution >= 4 is 23.9 Å². The number of hydrogen-bond acceptors (Lipinski definition) is 9. The number of methoxy groups -OCH3 is 2. The summed E-state index contributed by atoms with van der Waals surface area (Å²) >= 11 is 0. The number of benzene rings is 6. The molecule has 7 rings (SSSR count). The van der Waals surface area contributed by atoms with E-state index >= 15 is 0 Å². The highest BCUT2D eigenvalue weighted by Gasteiger charge is 2.33. The first-order chi connectivity index (χ1) is 32.2. The molecule has 1 aliphatic carbocycles. The maximum Gasteiger partial charge on any atom is 0.407 e. The maximum atomic E-state index is 14.5. The minimum atomic E-state index is -1.40. The highest BCUT2D eigenvalue weighted by molar-refractivity contribution is 5.90. The van der Waals surface area contributed by atoms with Gasteiger partial charge in [-0.3, -0.25) is 14.4 Å². The predicted octanol–water partition coefficient (Wildman–Crippen LogP) is 9.45. The molecule has 67 heavy (non-hydrogen) atoms. The van der Waals surface area contributed by atoms with E-state index in [0.29, 0.717) is 28.4 Å². The normalized spacial score (nSPS) is 12.8. The molecule has 0 fully saturated rings. The fraction of sp³-hybridized carbons (Fsp3) is 0.273. The SMILES string of the molecule is COc1ccc(C(NC(=O)[C@H](CC(=O)OC(C)(C)C)NC(=O)OCC2c3ccccc3-c3ccccc32)c2ccc(OCC(=O)NC(c3ccc(C)cc3)c3ccc(C)cc3)cc2)c(OC)c1. The predicted molar refractivity (Wildman–Crippen MR) is 256 cm³/mol. The van der Waals surface area contributed by atoms with Crippen LogP contribution in [-0.4, -0.2) is 63.0 Å². The van der Waals surface area contributed by atoms with Gasteiger partial charge in [-0.25, -0.2) is 4.79 Å². The molecule has 12 heteroatoms. The summed E-state index contributed by atoms with van der Waals surface area (Å²) in [6, 6.07) is 41.4. The van der Waals surface area contributed by atoms with Gasteiger partial charge < -0.3 is 39.6 Å². The number of nitrogens with one attached hydrogen (secondary N) is 3. The second kappa shape index (κ2) is 21.1. The first kappa shape index (κ1) is 47.4. The molecule has 1 unspecified atom stereocenters. The minimum absolute atomic E-state index is 0.00244. The van der Waals surface area contributed by atoms with Crippen molar-refractivity contribution in [2.45, 2.75) is 70.7 Å². The van der Waals surface area contributed by atoms with Crippen LogP contribution in [0.3, 0.4) is 0 Å². The Hall–Kier alpha value is -7.60. The smallest absolute Gasteiger partial charge is 0.407 e. The number of rotatable bonds is 17. The van der Waals surface area contributed by atoms with Gasteiger partial charge in [0.15, 0.2) is 6.61 Å². The lowest BCUT2D eigenvalue weighted by atomic mass is 9.96. The van der Waals surface area contributed by atoms with E-state index in [1.807, 2.05) is 111 Å². The Morgan fingerprint density at radius 2 is 1.15 bits per heavy atom. The highest BCUT2D eigenvalue weighted by atomic mass is 16.6. The molecule has 6 aromatic rings. The van der Waals surface area contributed by atoms with Crippen molar-refractivity contribution in [3.63, 3.8) is 0 Å². The quantitative estimate of drug-likeness (QED) is 0.0761. The third kappa shape index (κ3) is 12.0. The molecule has 346 valence electrons. The van der Waals surface area contributed by atoms with Crippen molar-refractivity contribution in [2.24, 2.45) is 0 Å². The van der Waals surface area contributed by atoms with E-state index in [0.717, 1.165) is 44.5 Å². The number of hydrogen-bond donors (Lipinski definition) is 3. The van der Waals surface area contributed by atoms with E-state index in [9.17, 15) is 19.2 Å². The van der Waals surface area contributed by atoms with Crippen LogP contribution in [-0.2, 0) is 23.9 Å². The molecule has 0 aliphatic heterocycles. The van der Waals surface area contributed by atoms with Gasteiger partial charge in [0.05, 0.1) is 32.7 Å². The third-order valence-electron chi connectivity index (χ3n) is 11.5. The summed E-state index contributed by atoms with van der Waals surface area (Å²) in [5, 5.41) is 8.82. The lowest BCUT2D eigenvalue weighted by molar-refractivity contribution is -0.156. The van der Waals surface area contributed by atoms with Gasteiger partial charge in [0, 0.05) is 17.5 Å². The van der Waals surface area contributed by atoms with E-state index in [1.165, 1.54) is 14.2 Å². The second-order valence-corrected chi connectivity index (χ2v) is 17.5. The Morgan fingerprint density at radius 3 is 1.70 bits per heavy atom. The van der Waals surface area contributed by atoms with Crippen molar-refractivity contribution in [2.75, 3.05) is 27.4 Å². The first-order valence-corrected chi connectivity index (χ1v) is 22.2. The number of ether oxygens (including phenoxy) is 5. The number of aryl methyl sites for hydroxylation is 2. The van der Waals surface area contributed by atoms with Crippen molar-refractivity contribution < 1.29 is 42.9 Å². The summed E-state index contributed by atoms with van der Waals surface area (Å²) in [5.41, 5.74) is 8.61. The van der Waals surface area contributed by atoms with Crippen molar-refractivity contribution in [3.05, 3.63) is 184 Å². The summed E-state index contributed by atoms with van der Waals surface area (Å²) in [4.78, 5) is 54.9. The summed E-state index contributed by atoms with van der Waals surface area (Å²) in [6.07, 6.45) is -1.36. The average molecular weight is 904 g/mol. The van der Waals surface area contributed by atoms with E-state index in [4.69, 9.17) is 23.7 Å². The molecule has 0 bridgehead atoms. The zero-order chi connectivity index (χ0) is 47.7. The Labute approximate surface area is 392 Å². The molecule has 0 aromatic heterocycles. The number of amides is 3. The van der Waals surface area contributed by atoms with E-state index in [1.54, 1.807) is 63.2 Å². The van der Waals surface area contributed by atoms with Crippen molar-refractivity contribution in [1.29, 1.82) is 0 Å². The lowest BCUT2D eigenvalue weighted by Gasteiger charge is -2.26. The van der Waals surface area contributed by atoms with Gasteiger partial charge in [0.25, 0.3) is 5.91 Å². The van der Waals surface area contributed by atoms with Crippen LogP contribution >= 0.6 is 0 Å². The molecule has 3 amide bonds. The number of fused-ring (bicyclic) bond motifs is 3. The van der Waals surface area contributed by atoms with Crippen molar-refractivity contribution in [1.82, 2.24) is 16.0 Å². The Morgan fingerprint density at radius 1 is 0.612 bits per heavy atom. The molecular formula is C55H57N3O9. The van der Waals surface area contributed by atoms with E-state index in [-0.39, 0.29) is 31.1 Å². The Balaban J connectivity index is 1.09. The van der Waals surface area contributed by atoms with Crippen LogP contribution in [0.15, 0.2) is 140 Å². The maximum absolute atomic E-state index is 14.5. The van der Waals surface area contributed by atoms with Gasteiger partial charge in [0.1, 0.15) is 35.5 Å². The monoisotopic (exact) mass is 903 g/mol. The molecule has 6 aromatic carbocycles. The largest absolute Gasteiger partial charge is 0.497 e. The molecule has 1 aliphatic rings. The Kier molecular flexibility index (Phi) is 14.9. The molecule has 12 nitrogen and oxygen atoms in total. The van der Waals surface area contributed by atoms with Gasteiger partial charge in [0.2, 0.25) is 5.91 Å². The van der Waals surface area contributed by atoms with Crippen LogP contribution in [0.5, 0.6) is 17.2 Å². The Bertz CT molecular complexity index is 2600. The third-order valence-corrected chi connectivity index (χ3v) is 11.5. The number of carbonyl (C=O) groups is 4. The van der Waals surface area contributed by atoms with Crippen LogP contribution in [0, 0.1) is 13.8 Å². The molecule has 3 N–H and O–H groups in total. The van der Waals surface area contributed by atoms with Crippen LogP contribution in [0.2, 0.25) is 0 Å². The van der Waals surface area contributed by atoms with E-state index in [2.05, 4.69) is 16.0 Å². The summed E-state index contributed by atoms with van der Waals surface area (Å²) in [5.74, 6) is -0.573. The minimum Gasteiger partial charge on any atom is -0.497 e. The number of esters is 1. The summed E-state index contributed by atoms with van der Waals surface area (Å²) < 4.78 is 28.6. The van der Waals surface area contributed by atoms with Crippen LogP contribution in [0.1, 0.15) is 89.7 Å². The van der Waals surface area contributed by atoms with Crippen LogP contribution in [0.4, 0.5) is 4.79 Å². The fourth-order valence-electron chi connectivity index (χ4n) is 8.17. The lowest BCUT2D eigenvalue weighted by Crippen LogP contribution is -2.49. The molecule has 0 radical (unpaired) electrons. The average Bonchev–Trinajstić information content (AvgIpc) is 3.64. The van der Waals surface area contributed by atoms with Crippen molar-refractivity contribution in [3.8, 4) is 28.4 Å². The molecule has 0 heterocycles. The van der Waals surface area contributed by atoms with Gasteiger partial charge in [-0.15, -0.1) is 0 Å². The molecule has 2 atom stereocenters. The molecule has 0 spiro atoms. The number of alkyl carbamates (subject to hydrolysis) is 1. The zero-order valence-corrected chi connectivity index (χ0v) is 38.9. The fourth-order valence-corrected chi connectivity index (χ4v) is 8.17. The molecule has 0 saturated carbocycles.